The zero-order valence-electron chi connectivity index (χ0n) is 12.5. The number of hydrogen-bond donors (Lipinski definition) is 1. The van der Waals surface area contributed by atoms with E-state index in [1.54, 1.807) is 0 Å². The maximum Gasteiger partial charge on any atom is 0.0328 e. The molecule has 0 fully saturated rings. The van der Waals surface area contributed by atoms with Gasteiger partial charge in [-0.25, -0.2) is 0 Å². The van der Waals surface area contributed by atoms with E-state index in [9.17, 15) is 0 Å². The lowest BCUT2D eigenvalue weighted by atomic mass is 9.86. The number of nitrogens with zero attached hydrogens (tertiary/aromatic N) is 1. The van der Waals surface area contributed by atoms with Crippen LogP contribution in [-0.4, -0.2) is 42.1 Å². The topological polar surface area (TPSA) is 29.3 Å². The predicted molar refractivity (Wildman–Crippen MR) is 81.8 cm³/mol. The molecule has 0 saturated carbocycles. The summed E-state index contributed by atoms with van der Waals surface area (Å²) in [6.45, 7) is 7.65. The van der Waals surface area contributed by atoms with E-state index in [-0.39, 0.29) is 5.54 Å². The van der Waals surface area contributed by atoms with Crippen molar-refractivity contribution in [2.24, 2.45) is 5.73 Å². The SMILES string of the molecule is CCCCC(CC)(CN)N(C)C(C)CCSC. The summed E-state index contributed by atoms with van der Waals surface area (Å²) in [5, 5.41) is 0. The van der Waals surface area contributed by atoms with Crippen LogP contribution in [0.2, 0.25) is 0 Å². The molecule has 0 aromatic carbocycles. The van der Waals surface area contributed by atoms with Gasteiger partial charge >= 0.3 is 0 Å². The molecule has 2 nitrogen and oxygen atoms in total. The van der Waals surface area contributed by atoms with Crippen molar-refractivity contribution in [3.63, 3.8) is 0 Å². The summed E-state index contributed by atoms with van der Waals surface area (Å²) in [6.07, 6.45) is 8.37. The monoisotopic (exact) mass is 260 g/mol. The minimum absolute atomic E-state index is 0.216. The molecule has 0 saturated heterocycles. The number of thioether (sulfide) groups is 1. The van der Waals surface area contributed by atoms with E-state index in [1.165, 1.54) is 31.4 Å². The summed E-state index contributed by atoms with van der Waals surface area (Å²) >= 11 is 1.93. The lowest BCUT2D eigenvalue weighted by Crippen LogP contribution is -2.55. The third-order valence-electron chi connectivity index (χ3n) is 4.18. The summed E-state index contributed by atoms with van der Waals surface area (Å²) in [4.78, 5) is 2.54. The molecule has 0 aromatic heterocycles. The first kappa shape index (κ1) is 17.3. The highest BCUT2D eigenvalue weighted by Crippen LogP contribution is 2.27. The van der Waals surface area contributed by atoms with Crippen LogP contribution < -0.4 is 5.73 Å². The first-order valence-electron chi connectivity index (χ1n) is 6.99. The van der Waals surface area contributed by atoms with Gasteiger partial charge in [-0.05, 0) is 45.2 Å². The molecule has 0 aliphatic heterocycles. The highest BCUT2D eigenvalue weighted by molar-refractivity contribution is 7.98. The molecule has 0 aliphatic rings. The van der Waals surface area contributed by atoms with Gasteiger partial charge in [0, 0.05) is 18.1 Å². The first-order chi connectivity index (χ1) is 8.07. The second kappa shape index (κ2) is 9.23. The van der Waals surface area contributed by atoms with E-state index >= 15 is 0 Å². The van der Waals surface area contributed by atoms with E-state index < -0.39 is 0 Å². The Balaban J connectivity index is 4.54. The molecule has 2 N–H and O–H groups in total. The van der Waals surface area contributed by atoms with Crippen LogP contribution in [-0.2, 0) is 0 Å². The van der Waals surface area contributed by atoms with Crippen molar-refractivity contribution in [3.05, 3.63) is 0 Å². The van der Waals surface area contributed by atoms with E-state index in [2.05, 4.69) is 39.0 Å². The van der Waals surface area contributed by atoms with Crippen LogP contribution in [0.3, 0.4) is 0 Å². The van der Waals surface area contributed by atoms with Gasteiger partial charge in [-0.15, -0.1) is 0 Å². The molecule has 2 unspecified atom stereocenters. The van der Waals surface area contributed by atoms with Crippen LogP contribution in [0.25, 0.3) is 0 Å². The molecule has 0 aromatic rings. The molecule has 0 spiro atoms. The van der Waals surface area contributed by atoms with E-state index in [0.29, 0.717) is 6.04 Å². The van der Waals surface area contributed by atoms with Crippen molar-refractivity contribution in [1.82, 2.24) is 4.90 Å². The third-order valence-corrected chi connectivity index (χ3v) is 4.83. The Morgan fingerprint density at radius 1 is 1.35 bits per heavy atom. The lowest BCUT2D eigenvalue weighted by Gasteiger charge is -2.44. The van der Waals surface area contributed by atoms with Gasteiger partial charge in [0.25, 0.3) is 0 Å². The van der Waals surface area contributed by atoms with Gasteiger partial charge in [-0.1, -0.05) is 26.7 Å². The fourth-order valence-corrected chi connectivity index (χ4v) is 3.03. The molecule has 0 amide bonds. The third kappa shape index (κ3) is 5.19. The Labute approximate surface area is 113 Å². The van der Waals surface area contributed by atoms with Gasteiger partial charge in [0.1, 0.15) is 0 Å². The van der Waals surface area contributed by atoms with Crippen molar-refractivity contribution in [3.8, 4) is 0 Å². The first-order valence-corrected chi connectivity index (χ1v) is 8.39. The predicted octanol–water partition coefficient (Wildman–Crippen LogP) is 3.36. The van der Waals surface area contributed by atoms with Crippen molar-refractivity contribution in [1.29, 1.82) is 0 Å². The minimum atomic E-state index is 0.216. The van der Waals surface area contributed by atoms with Crippen LogP contribution in [0.1, 0.15) is 52.9 Å². The van der Waals surface area contributed by atoms with Gasteiger partial charge in [-0.2, -0.15) is 11.8 Å². The van der Waals surface area contributed by atoms with Crippen molar-refractivity contribution in [2.75, 3.05) is 25.6 Å². The van der Waals surface area contributed by atoms with Crippen LogP contribution in [0.4, 0.5) is 0 Å². The summed E-state index contributed by atoms with van der Waals surface area (Å²) in [7, 11) is 2.26. The van der Waals surface area contributed by atoms with Crippen molar-refractivity contribution >= 4 is 11.8 Å². The van der Waals surface area contributed by atoms with E-state index in [4.69, 9.17) is 5.73 Å². The fraction of sp³-hybridized carbons (Fsp3) is 1.00. The molecule has 104 valence electrons. The smallest absolute Gasteiger partial charge is 0.0328 e. The number of rotatable bonds is 10. The standard InChI is InChI=1S/C14H32N2S/c1-6-8-10-14(7-2,12-15)16(4)13(3)9-11-17-5/h13H,6-12,15H2,1-5H3. The van der Waals surface area contributed by atoms with Crippen LogP contribution >= 0.6 is 11.8 Å². The van der Waals surface area contributed by atoms with E-state index in [0.717, 1.165) is 13.0 Å². The molecule has 17 heavy (non-hydrogen) atoms. The molecule has 0 rings (SSSR count). The average Bonchev–Trinajstić information content (AvgIpc) is 2.37. The summed E-state index contributed by atoms with van der Waals surface area (Å²) in [5.74, 6) is 1.24. The van der Waals surface area contributed by atoms with Gasteiger partial charge in [0.05, 0.1) is 0 Å². The molecular formula is C14H32N2S. The molecule has 0 radical (unpaired) electrons. The lowest BCUT2D eigenvalue weighted by molar-refractivity contribution is 0.0685. The normalized spacial score (nSPS) is 17.1. The maximum atomic E-state index is 6.08. The maximum absolute atomic E-state index is 6.08. The Hall–Kier alpha value is 0.270. The molecule has 2 atom stereocenters. The number of unbranched alkanes of at least 4 members (excludes halogenated alkanes) is 1. The Bertz CT molecular complexity index is 181. The second-order valence-electron chi connectivity index (χ2n) is 5.13. The average molecular weight is 260 g/mol. The van der Waals surface area contributed by atoms with Crippen molar-refractivity contribution in [2.45, 2.75) is 64.5 Å². The second-order valence-corrected chi connectivity index (χ2v) is 6.11. The van der Waals surface area contributed by atoms with Gasteiger partial charge in [0.2, 0.25) is 0 Å². The van der Waals surface area contributed by atoms with Crippen LogP contribution in [0.5, 0.6) is 0 Å². The number of nitrogens with two attached hydrogens (primary N) is 1. The van der Waals surface area contributed by atoms with Gasteiger partial charge in [-0.3, -0.25) is 4.90 Å². The Morgan fingerprint density at radius 2 is 2.00 bits per heavy atom. The number of hydrogen-bond acceptors (Lipinski definition) is 3. The largest absolute Gasteiger partial charge is 0.329 e. The highest BCUT2D eigenvalue weighted by atomic mass is 32.2. The molecule has 0 aliphatic carbocycles. The highest BCUT2D eigenvalue weighted by Gasteiger charge is 2.33. The summed E-state index contributed by atoms with van der Waals surface area (Å²) < 4.78 is 0. The quantitative estimate of drug-likeness (QED) is 0.653. The van der Waals surface area contributed by atoms with Crippen molar-refractivity contribution < 1.29 is 0 Å². The molecular weight excluding hydrogens is 228 g/mol. The van der Waals surface area contributed by atoms with Crippen LogP contribution in [0, 0.1) is 0 Å². The number of likely N-dealkylation sites (N-methyl/N-ethyl adjacent to an activating group) is 1. The minimum Gasteiger partial charge on any atom is -0.329 e. The zero-order valence-corrected chi connectivity index (χ0v) is 13.3. The fourth-order valence-electron chi connectivity index (χ4n) is 2.45. The molecule has 0 heterocycles. The van der Waals surface area contributed by atoms with Gasteiger partial charge < -0.3 is 5.73 Å². The summed E-state index contributed by atoms with van der Waals surface area (Å²) in [6, 6.07) is 0.628. The molecule has 0 bridgehead atoms. The Kier molecular flexibility index (Phi) is 9.38. The van der Waals surface area contributed by atoms with Crippen LogP contribution in [0.15, 0.2) is 0 Å². The molecule has 3 heteroatoms. The summed E-state index contributed by atoms with van der Waals surface area (Å²) in [5.41, 5.74) is 6.30. The van der Waals surface area contributed by atoms with E-state index in [1.807, 2.05) is 11.8 Å². The Morgan fingerprint density at radius 3 is 2.41 bits per heavy atom. The van der Waals surface area contributed by atoms with Gasteiger partial charge in [0.15, 0.2) is 0 Å². The zero-order chi connectivity index (χ0) is 13.3.